The maximum absolute atomic E-state index is 12.6. The fourth-order valence-corrected chi connectivity index (χ4v) is 4.74. The number of amides is 2. The summed E-state index contributed by atoms with van der Waals surface area (Å²) in [7, 11) is -4.13. The van der Waals surface area contributed by atoms with Crippen LogP contribution in [0.3, 0.4) is 0 Å². The van der Waals surface area contributed by atoms with E-state index in [1.54, 1.807) is 36.4 Å². The number of carbonyl (C=O) groups is 2. The lowest BCUT2D eigenvalue weighted by molar-refractivity contribution is -0.146. The van der Waals surface area contributed by atoms with Gasteiger partial charge in [-0.2, -0.15) is 0 Å². The fourth-order valence-electron chi connectivity index (χ4n) is 2.62. The third kappa shape index (κ3) is 4.49. The van der Waals surface area contributed by atoms with Crippen LogP contribution >= 0.6 is 27.5 Å². The molecule has 1 aliphatic rings. The first-order valence-corrected chi connectivity index (χ1v) is 10.4. The Kier molecular flexibility index (Phi) is 5.85. The SMILES string of the molecule is O=C1CO[C@@H](C(=O)NS(=O)(=O)c2ccccc2Br)[C@@H](c2ccc(Cl)cc2)N1. The number of rotatable bonds is 4. The molecule has 1 saturated heterocycles. The second kappa shape index (κ2) is 7.97. The first kappa shape index (κ1) is 19.8. The quantitative estimate of drug-likeness (QED) is 0.709. The molecule has 1 aliphatic heterocycles. The maximum atomic E-state index is 12.6. The van der Waals surface area contributed by atoms with Gasteiger partial charge in [-0.1, -0.05) is 35.9 Å². The van der Waals surface area contributed by atoms with Crippen molar-refractivity contribution in [2.24, 2.45) is 0 Å². The Morgan fingerprint density at radius 1 is 1.19 bits per heavy atom. The van der Waals surface area contributed by atoms with Crippen LogP contribution in [0, 0.1) is 0 Å². The number of nitrogens with one attached hydrogen (secondary N) is 2. The van der Waals surface area contributed by atoms with Crippen molar-refractivity contribution >= 4 is 49.4 Å². The molecule has 2 amide bonds. The van der Waals surface area contributed by atoms with Gasteiger partial charge in [-0.3, -0.25) is 9.59 Å². The molecule has 0 aromatic heterocycles. The lowest BCUT2D eigenvalue weighted by atomic mass is 9.99. The molecular formula is C17H14BrClN2O5S. The molecule has 0 saturated carbocycles. The number of morpholine rings is 1. The highest BCUT2D eigenvalue weighted by atomic mass is 79.9. The zero-order valence-electron chi connectivity index (χ0n) is 13.7. The van der Waals surface area contributed by atoms with Gasteiger partial charge in [-0.25, -0.2) is 13.1 Å². The van der Waals surface area contributed by atoms with Gasteiger partial charge in [0.1, 0.15) is 11.5 Å². The van der Waals surface area contributed by atoms with Crippen LogP contribution in [0.15, 0.2) is 57.9 Å². The van der Waals surface area contributed by atoms with Crippen molar-refractivity contribution in [2.75, 3.05) is 6.61 Å². The number of carbonyl (C=O) groups excluding carboxylic acids is 2. The number of halogens is 2. The van der Waals surface area contributed by atoms with E-state index in [1.165, 1.54) is 12.1 Å². The minimum Gasteiger partial charge on any atom is -0.356 e. The van der Waals surface area contributed by atoms with Crippen molar-refractivity contribution in [3.8, 4) is 0 Å². The summed E-state index contributed by atoms with van der Waals surface area (Å²) in [6.07, 6.45) is -1.22. The Hall–Kier alpha value is -1.94. The standard InChI is InChI=1S/C17H14BrClN2O5S/c18-12-3-1-2-4-13(12)27(24,25)21-17(23)16-15(20-14(22)9-26-16)10-5-7-11(19)8-6-10/h1-8,15-16H,9H2,(H,20,22)(H,21,23)/t15-,16-/m1/s1. The van der Waals surface area contributed by atoms with Gasteiger partial charge in [-0.05, 0) is 45.8 Å². The summed E-state index contributed by atoms with van der Waals surface area (Å²) in [5.41, 5.74) is 0.561. The maximum Gasteiger partial charge on any atom is 0.265 e. The summed E-state index contributed by atoms with van der Waals surface area (Å²) in [6.45, 7) is -0.350. The first-order chi connectivity index (χ1) is 12.8. The molecule has 2 atom stereocenters. The molecule has 1 heterocycles. The zero-order chi connectivity index (χ0) is 19.6. The van der Waals surface area contributed by atoms with E-state index < -0.39 is 34.0 Å². The van der Waals surface area contributed by atoms with E-state index in [0.29, 0.717) is 15.1 Å². The smallest absolute Gasteiger partial charge is 0.265 e. The minimum atomic E-state index is -4.13. The number of hydrogen-bond donors (Lipinski definition) is 2. The normalized spacial score (nSPS) is 20.0. The highest BCUT2D eigenvalue weighted by Crippen LogP contribution is 2.26. The topological polar surface area (TPSA) is 102 Å². The zero-order valence-corrected chi connectivity index (χ0v) is 16.8. The molecular weight excluding hydrogens is 460 g/mol. The molecule has 2 aromatic rings. The second-order valence-corrected chi connectivity index (χ2v) is 8.67. The fraction of sp³-hybridized carbons (Fsp3) is 0.176. The van der Waals surface area contributed by atoms with Gasteiger partial charge in [0.15, 0.2) is 6.10 Å². The van der Waals surface area contributed by atoms with Crippen LogP contribution in [0.5, 0.6) is 0 Å². The predicted molar refractivity (Wildman–Crippen MR) is 102 cm³/mol. The van der Waals surface area contributed by atoms with E-state index in [4.69, 9.17) is 16.3 Å². The molecule has 2 aromatic carbocycles. The highest BCUT2D eigenvalue weighted by Gasteiger charge is 2.38. The van der Waals surface area contributed by atoms with Gasteiger partial charge in [0, 0.05) is 9.50 Å². The largest absolute Gasteiger partial charge is 0.356 e. The van der Waals surface area contributed by atoms with Crippen LogP contribution < -0.4 is 10.0 Å². The molecule has 3 rings (SSSR count). The Labute approximate surface area is 169 Å². The molecule has 2 N–H and O–H groups in total. The van der Waals surface area contributed by atoms with Crippen molar-refractivity contribution < 1.29 is 22.7 Å². The monoisotopic (exact) mass is 472 g/mol. The summed E-state index contributed by atoms with van der Waals surface area (Å²) in [4.78, 5) is 24.3. The van der Waals surface area contributed by atoms with Crippen LogP contribution in [0.1, 0.15) is 11.6 Å². The van der Waals surface area contributed by atoms with Crippen LogP contribution in [0.4, 0.5) is 0 Å². The van der Waals surface area contributed by atoms with Crippen LogP contribution in [0.25, 0.3) is 0 Å². The molecule has 0 aliphatic carbocycles. The van der Waals surface area contributed by atoms with Gasteiger partial charge >= 0.3 is 0 Å². The molecule has 0 bridgehead atoms. The molecule has 142 valence electrons. The molecule has 27 heavy (non-hydrogen) atoms. The summed E-state index contributed by atoms with van der Waals surface area (Å²) >= 11 is 9.02. The third-order valence-electron chi connectivity index (χ3n) is 3.86. The van der Waals surface area contributed by atoms with E-state index in [1.807, 2.05) is 4.72 Å². The molecule has 0 radical (unpaired) electrons. The Bertz CT molecular complexity index is 981. The Balaban J connectivity index is 1.86. The van der Waals surface area contributed by atoms with E-state index in [9.17, 15) is 18.0 Å². The highest BCUT2D eigenvalue weighted by molar-refractivity contribution is 9.10. The summed E-state index contributed by atoms with van der Waals surface area (Å²) < 4.78 is 32.7. The van der Waals surface area contributed by atoms with Crippen molar-refractivity contribution in [3.63, 3.8) is 0 Å². The molecule has 10 heteroatoms. The predicted octanol–water partition coefficient (Wildman–Crippen LogP) is 2.16. The molecule has 0 spiro atoms. The molecule has 7 nitrogen and oxygen atoms in total. The molecule has 1 fully saturated rings. The van der Waals surface area contributed by atoms with Crippen molar-refractivity contribution in [1.82, 2.24) is 10.0 Å². The van der Waals surface area contributed by atoms with Gasteiger partial charge < -0.3 is 10.1 Å². The average Bonchev–Trinajstić information content (AvgIpc) is 2.62. The van der Waals surface area contributed by atoms with E-state index in [-0.39, 0.29) is 11.5 Å². The number of benzene rings is 2. The minimum absolute atomic E-state index is 0.0822. The van der Waals surface area contributed by atoms with Gasteiger partial charge in [0.25, 0.3) is 15.9 Å². The van der Waals surface area contributed by atoms with Crippen molar-refractivity contribution in [1.29, 1.82) is 0 Å². The van der Waals surface area contributed by atoms with Crippen LogP contribution in [0.2, 0.25) is 5.02 Å². The molecule has 0 unspecified atom stereocenters. The first-order valence-electron chi connectivity index (χ1n) is 7.75. The number of hydrogen-bond acceptors (Lipinski definition) is 5. The lowest BCUT2D eigenvalue weighted by Crippen LogP contribution is -2.53. The van der Waals surface area contributed by atoms with Crippen molar-refractivity contribution in [2.45, 2.75) is 17.0 Å². The summed E-state index contributed by atoms with van der Waals surface area (Å²) in [5.74, 6) is -1.29. The Morgan fingerprint density at radius 3 is 2.52 bits per heavy atom. The van der Waals surface area contributed by atoms with Crippen molar-refractivity contribution in [3.05, 3.63) is 63.6 Å². The van der Waals surface area contributed by atoms with Crippen LogP contribution in [-0.4, -0.2) is 32.9 Å². The number of sulfonamides is 1. The van der Waals surface area contributed by atoms with E-state index in [0.717, 1.165) is 0 Å². The van der Waals surface area contributed by atoms with Gasteiger partial charge in [-0.15, -0.1) is 0 Å². The summed E-state index contributed by atoms with van der Waals surface area (Å²) in [5, 5.41) is 3.13. The average molecular weight is 474 g/mol. The van der Waals surface area contributed by atoms with Gasteiger partial charge in [0.05, 0.1) is 6.04 Å². The van der Waals surface area contributed by atoms with E-state index in [2.05, 4.69) is 21.2 Å². The third-order valence-corrected chi connectivity index (χ3v) is 6.47. The van der Waals surface area contributed by atoms with E-state index >= 15 is 0 Å². The number of ether oxygens (including phenoxy) is 1. The van der Waals surface area contributed by atoms with Gasteiger partial charge in [0.2, 0.25) is 5.91 Å². The lowest BCUT2D eigenvalue weighted by Gasteiger charge is -2.31. The second-order valence-electron chi connectivity index (χ2n) is 5.73. The van der Waals surface area contributed by atoms with Crippen LogP contribution in [-0.2, 0) is 24.3 Å². The summed E-state index contributed by atoms with van der Waals surface area (Å²) in [6, 6.07) is 11.7. The Morgan fingerprint density at radius 2 is 1.85 bits per heavy atom.